The van der Waals surface area contributed by atoms with E-state index < -0.39 is 0 Å². The molecule has 1 amide bonds. The molecule has 2 saturated heterocycles. The number of hydrogen-bond acceptors (Lipinski definition) is 4. The number of carbonyl (C=O) groups is 1. The van der Waals surface area contributed by atoms with E-state index >= 15 is 0 Å². The number of carbonyl (C=O) groups excluding carboxylic acids is 1. The third kappa shape index (κ3) is 3.16. The van der Waals surface area contributed by atoms with Gasteiger partial charge in [0.2, 0.25) is 0 Å². The Bertz CT molecular complexity index is 438. The number of ether oxygens (including phenoxy) is 1. The second-order valence-corrected chi connectivity index (χ2v) is 5.46. The minimum atomic E-state index is 0.115. The molecule has 1 aromatic heterocycles. The van der Waals surface area contributed by atoms with E-state index in [0.717, 1.165) is 44.9 Å². The lowest BCUT2D eigenvalue weighted by Gasteiger charge is -2.35. The minimum absolute atomic E-state index is 0.115. The molecule has 2 fully saturated rings. The molecule has 20 heavy (non-hydrogen) atoms. The quantitative estimate of drug-likeness (QED) is 0.826. The van der Waals surface area contributed by atoms with Crippen molar-refractivity contribution in [3.63, 3.8) is 0 Å². The van der Waals surface area contributed by atoms with Crippen LogP contribution in [0.5, 0.6) is 0 Å². The Labute approximate surface area is 119 Å². The van der Waals surface area contributed by atoms with E-state index in [-0.39, 0.29) is 5.91 Å². The van der Waals surface area contributed by atoms with E-state index in [1.807, 2.05) is 4.90 Å². The van der Waals surface area contributed by atoms with E-state index in [2.05, 4.69) is 9.88 Å². The third-order valence-corrected chi connectivity index (χ3v) is 4.07. The molecule has 0 saturated carbocycles. The number of amides is 1. The van der Waals surface area contributed by atoms with E-state index in [1.165, 1.54) is 12.8 Å². The molecule has 2 aliphatic rings. The largest absolute Gasteiger partial charge is 0.377 e. The van der Waals surface area contributed by atoms with Gasteiger partial charge in [-0.3, -0.25) is 14.7 Å². The summed E-state index contributed by atoms with van der Waals surface area (Å²) in [6.45, 7) is 5.40. The van der Waals surface area contributed by atoms with Crippen LogP contribution in [0.4, 0.5) is 0 Å². The second kappa shape index (κ2) is 6.33. The minimum Gasteiger partial charge on any atom is -0.377 e. The number of nitrogens with zero attached hydrogens (tertiary/aromatic N) is 3. The number of aromatic nitrogens is 1. The van der Waals surface area contributed by atoms with E-state index in [9.17, 15) is 4.79 Å². The molecule has 5 heteroatoms. The maximum Gasteiger partial charge on any atom is 0.254 e. The van der Waals surface area contributed by atoms with E-state index in [0.29, 0.717) is 6.10 Å². The Kier molecular flexibility index (Phi) is 4.28. The number of hydrogen-bond donors (Lipinski definition) is 0. The zero-order valence-corrected chi connectivity index (χ0v) is 11.7. The van der Waals surface area contributed by atoms with Crippen LogP contribution in [0.2, 0.25) is 0 Å². The molecule has 1 atom stereocenters. The summed E-state index contributed by atoms with van der Waals surface area (Å²) in [7, 11) is 0. The summed E-state index contributed by atoms with van der Waals surface area (Å²) in [6.07, 6.45) is 6.10. The van der Waals surface area contributed by atoms with Gasteiger partial charge in [0.1, 0.15) is 0 Å². The van der Waals surface area contributed by atoms with Crippen molar-refractivity contribution >= 4 is 5.91 Å². The first-order valence-corrected chi connectivity index (χ1v) is 7.36. The van der Waals surface area contributed by atoms with Gasteiger partial charge in [-0.25, -0.2) is 0 Å². The van der Waals surface area contributed by atoms with Gasteiger partial charge in [-0.1, -0.05) is 0 Å². The molecule has 1 aromatic rings. The molecule has 0 spiro atoms. The second-order valence-electron chi connectivity index (χ2n) is 5.46. The van der Waals surface area contributed by atoms with E-state index in [1.54, 1.807) is 24.5 Å². The lowest BCUT2D eigenvalue weighted by atomic mass is 10.2. The van der Waals surface area contributed by atoms with Gasteiger partial charge in [-0.15, -0.1) is 0 Å². The molecule has 5 nitrogen and oxygen atoms in total. The molecule has 0 aliphatic carbocycles. The fourth-order valence-corrected chi connectivity index (χ4v) is 2.89. The zero-order chi connectivity index (χ0) is 13.8. The number of pyridine rings is 1. The van der Waals surface area contributed by atoms with Crippen molar-refractivity contribution in [1.82, 2.24) is 14.8 Å². The lowest BCUT2D eigenvalue weighted by molar-refractivity contribution is 0.0432. The lowest BCUT2D eigenvalue weighted by Crippen LogP contribution is -2.50. The molecule has 0 unspecified atom stereocenters. The molecule has 2 aliphatic heterocycles. The standard InChI is InChI=1S/C15H21N3O2/c19-15(13-3-5-16-6-4-13)18-9-7-17(8-10-18)12-14-2-1-11-20-14/h3-6,14H,1-2,7-12H2/t14-/m1/s1. The van der Waals surface area contributed by atoms with Gasteiger partial charge in [-0.05, 0) is 25.0 Å². The van der Waals surface area contributed by atoms with Crippen LogP contribution in [-0.2, 0) is 4.74 Å². The van der Waals surface area contributed by atoms with Gasteiger partial charge in [-0.2, -0.15) is 0 Å². The normalized spacial score (nSPS) is 24.0. The van der Waals surface area contributed by atoms with Gasteiger partial charge in [0.15, 0.2) is 0 Å². The smallest absolute Gasteiger partial charge is 0.254 e. The number of piperazine rings is 1. The molecule has 0 N–H and O–H groups in total. The summed E-state index contributed by atoms with van der Waals surface area (Å²) in [6, 6.07) is 3.56. The van der Waals surface area contributed by atoms with Crippen LogP contribution in [0.3, 0.4) is 0 Å². The topological polar surface area (TPSA) is 45.7 Å². The van der Waals surface area contributed by atoms with Crippen molar-refractivity contribution in [3.8, 4) is 0 Å². The Morgan fingerprint density at radius 2 is 2.00 bits per heavy atom. The highest BCUT2D eigenvalue weighted by Gasteiger charge is 2.25. The molecule has 108 valence electrons. The van der Waals surface area contributed by atoms with Crippen molar-refractivity contribution in [2.45, 2.75) is 18.9 Å². The van der Waals surface area contributed by atoms with Crippen molar-refractivity contribution in [3.05, 3.63) is 30.1 Å². The van der Waals surface area contributed by atoms with Gasteiger partial charge in [0, 0.05) is 57.3 Å². The molecule has 0 aromatic carbocycles. The molecular formula is C15H21N3O2. The van der Waals surface area contributed by atoms with E-state index in [4.69, 9.17) is 4.74 Å². The monoisotopic (exact) mass is 275 g/mol. The summed E-state index contributed by atoms with van der Waals surface area (Å²) >= 11 is 0. The predicted molar refractivity (Wildman–Crippen MR) is 75.6 cm³/mol. The maximum absolute atomic E-state index is 12.3. The van der Waals surface area contributed by atoms with Crippen molar-refractivity contribution in [2.75, 3.05) is 39.3 Å². The SMILES string of the molecule is O=C(c1ccncc1)N1CCN(C[C@H]2CCCO2)CC1. The average molecular weight is 275 g/mol. The fourth-order valence-electron chi connectivity index (χ4n) is 2.89. The Balaban J connectivity index is 1.49. The molecule has 3 rings (SSSR count). The third-order valence-electron chi connectivity index (χ3n) is 4.07. The van der Waals surface area contributed by atoms with Crippen molar-refractivity contribution < 1.29 is 9.53 Å². The summed E-state index contributed by atoms with van der Waals surface area (Å²) < 4.78 is 5.67. The van der Waals surface area contributed by atoms with Crippen molar-refractivity contribution in [2.24, 2.45) is 0 Å². The van der Waals surface area contributed by atoms with Crippen LogP contribution in [-0.4, -0.2) is 66.1 Å². The fraction of sp³-hybridized carbons (Fsp3) is 0.600. The molecular weight excluding hydrogens is 254 g/mol. The Morgan fingerprint density at radius 3 is 2.65 bits per heavy atom. The van der Waals surface area contributed by atoms with Gasteiger partial charge < -0.3 is 9.64 Å². The summed E-state index contributed by atoms with van der Waals surface area (Å²) in [5.74, 6) is 0.115. The highest BCUT2D eigenvalue weighted by molar-refractivity contribution is 5.94. The number of rotatable bonds is 3. The van der Waals surface area contributed by atoms with Crippen LogP contribution in [0.1, 0.15) is 23.2 Å². The molecule has 0 bridgehead atoms. The molecule has 3 heterocycles. The highest BCUT2D eigenvalue weighted by Crippen LogP contribution is 2.15. The maximum atomic E-state index is 12.3. The van der Waals surface area contributed by atoms with Gasteiger partial charge >= 0.3 is 0 Å². The Hall–Kier alpha value is -1.46. The molecule has 0 radical (unpaired) electrons. The van der Waals surface area contributed by atoms with Crippen LogP contribution in [0.15, 0.2) is 24.5 Å². The summed E-state index contributed by atoms with van der Waals surface area (Å²) in [5.41, 5.74) is 0.729. The van der Waals surface area contributed by atoms with Crippen LogP contribution < -0.4 is 0 Å². The average Bonchev–Trinajstić information content (AvgIpc) is 3.01. The van der Waals surface area contributed by atoms with Gasteiger partial charge in [0.05, 0.1) is 6.10 Å². The zero-order valence-electron chi connectivity index (χ0n) is 11.7. The van der Waals surface area contributed by atoms with Crippen LogP contribution in [0.25, 0.3) is 0 Å². The van der Waals surface area contributed by atoms with Crippen molar-refractivity contribution in [1.29, 1.82) is 0 Å². The summed E-state index contributed by atoms with van der Waals surface area (Å²) in [4.78, 5) is 20.6. The van der Waals surface area contributed by atoms with Crippen LogP contribution >= 0.6 is 0 Å². The first-order chi connectivity index (χ1) is 9.83. The van der Waals surface area contributed by atoms with Gasteiger partial charge in [0.25, 0.3) is 5.91 Å². The Morgan fingerprint density at radius 1 is 1.25 bits per heavy atom. The predicted octanol–water partition coefficient (Wildman–Crippen LogP) is 1.02. The summed E-state index contributed by atoms with van der Waals surface area (Å²) in [5, 5.41) is 0. The first kappa shape index (κ1) is 13.5. The first-order valence-electron chi connectivity index (χ1n) is 7.36. The highest BCUT2D eigenvalue weighted by atomic mass is 16.5. The van der Waals surface area contributed by atoms with Crippen LogP contribution in [0, 0.1) is 0 Å².